The second-order valence-electron chi connectivity index (χ2n) is 7.11. The Morgan fingerprint density at radius 1 is 1.12 bits per heavy atom. The Bertz CT molecular complexity index is 1060. The molecule has 128 valence electrons. The molecule has 1 aromatic heterocycles. The average Bonchev–Trinajstić information content (AvgIpc) is 2.85. The minimum absolute atomic E-state index is 0.139. The molecule has 0 unspecified atom stereocenters. The van der Waals surface area contributed by atoms with Crippen LogP contribution in [0.15, 0.2) is 36.4 Å². The minimum Gasteiger partial charge on any atom is -0.366 e. The number of anilines is 1. The maximum absolute atomic E-state index is 6.18. The summed E-state index contributed by atoms with van der Waals surface area (Å²) >= 11 is 13.7. The lowest BCUT2D eigenvalue weighted by molar-refractivity contribution is 0.607. The summed E-state index contributed by atoms with van der Waals surface area (Å²) in [4.78, 5) is 0. The largest absolute Gasteiger partial charge is 0.366 e. The van der Waals surface area contributed by atoms with Crippen molar-refractivity contribution in [1.82, 2.24) is 3.96 Å². The molecule has 5 heteroatoms. The number of aryl methyl sites for hydroxylation is 2. The molecule has 0 spiro atoms. The Hall–Kier alpha value is -1.62. The van der Waals surface area contributed by atoms with Crippen molar-refractivity contribution in [1.29, 1.82) is 0 Å². The van der Waals surface area contributed by atoms with Gasteiger partial charge in [-0.2, -0.15) is 0 Å². The number of rotatable bonds is 1. The highest BCUT2D eigenvalue weighted by Gasteiger charge is 2.33. The number of hydrogen-bond donors (Lipinski definition) is 1. The second kappa shape index (κ2) is 5.70. The minimum atomic E-state index is -0.139. The van der Waals surface area contributed by atoms with Crippen LogP contribution in [0.4, 0.5) is 5.00 Å². The summed E-state index contributed by atoms with van der Waals surface area (Å²) in [6.45, 7) is 8.76. The summed E-state index contributed by atoms with van der Waals surface area (Å²) in [5.41, 5.74) is 7.12. The molecule has 0 radical (unpaired) electrons. The van der Waals surface area contributed by atoms with Crippen molar-refractivity contribution in [2.45, 2.75) is 33.2 Å². The molecule has 1 N–H and O–H groups in total. The van der Waals surface area contributed by atoms with E-state index in [1.165, 1.54) is 22.3 Å². The van der Waals surface area contributed by atoms with Crippen LogP contribution in [-0.2, 0) is 5.54 Å². The van der Waals surface area contributed by atoms with Gasteiger partial charge in [0, 0.05) is 5.02 Å². The molecule has 25 heavy (non-hydrogen) atoms. The Kier molecular flexibility index (Phi) is 3.83. The zero-order valence-electron chi connectivity index (χ0n) is 14.6. The zero-order chi connectivity index (χ0) is 17.9. The van der Waals surface area contributed by atoms with Crippen molar-refractivity contribution in [3.8, 4) is 16.8 Å². The molecule has 2 heterocycles. The fourth-order valence-corrected chi connectivity index (χ4v) is 5.22. The molecular formula is C20H19ClN2S2. The van der Waals surface area contributed by atoms with E-state index in [9.17, 15) is 0 Å². The first-order chi connectivity index (χ1) is 11.8. The van der Waals surface area contributed by atoms with E-state index < -0.39 is 0 Å². The van der Waals surface area contributed by atoms with E-state index in [1.54, 1.807) is 11.5 Å². The number of halogens is 1. The molecule has 0 amide bonds. The fourth-order valence-electron chi connectivity index (χ4n) is 3.36. The molecule has 1 aliphatic heterocycles. The zero-order valence-corrected chi connectivity index (χ0v) is 17.0. The van der Waals surface area contributed by atoms with Crippen LogP contribution in [0.25, 0.3) is 16.8 Å². The smallest absolute Gasteiger partial charge is 0.130 e. The summed E-state index contributed by atoms with van der Waals surface area (Å²) in [6.07, 6.45) is 0. The third-order valence-electron chi connectivity index (χ3n) is 4.85. The Morgan fingerprint density at radius 3 is 2.56 bits per heavy atom. The van der Waals surface area contributed by atoms with Crippen molar-refractivity contribution in [2.24, 2.45) is 0 Å². The van der Waals surface area contributed by atoms with Gasteiger partial charge in [-0.25, -0.2) is 0 Å². The summed E-state index contributed by atoms with van der Waals surface area (Å²) in [5.74, 6) is 0. The fraction of sp³-hybridized carbons (Fsp3) is 0.250. The van der Waals surface area contributed by atoms with Crippen LogP contribution in [0.5, 0.6) is 0 Å². The number of nitrogens with zero attached hydrogens (tertiary/aromatic N) is 1. The first-order valence-electron chi connectivity index (χ1n) is 8.20. The van der Waals surface area contributed by atoms with Crippen LogP contribution in [0, 0.1) is 18.5 Å². The summed E-state index contributed by atoms with van der Waals surface area (Å²) in [5, 5.41) is 5.51. The van der Waals surface area contributed by atoms with Crippen LogP contribution in [0.1, 0.15) is 30.5 Å². The van der Waals surface area contributed by atoms with Crippen LogP contribution >= 0.6 is 35.4 Å². The van der Waals surface area contributed by atoms with Gasteiger partial charge < -0.3 is 5.32 Å². The number of fused-ring (bicyclic) bond motifs is 3. The lowest BCUT2D eigenvalue weighted by Gasteiger charge is -2.34. The van der Waals surface area contributed by atoms with Crippen molar-refractivity contribution >= 4 is 40.4 Å². The monoisotopic (exact) mass is 386 g/mol. The van der Waals surface area contributed by atoms with Gasteiger partial charge in [0.25, 0.3) is 0 Å². The number of aromatic nitrogens is 1. The maximum atomic E-state index is 6.18. The second-order valence-corrected chi connectivity index (χ2v) is 8.89. The summed E-state index contributed by atoms with van der Waals surface area (Å²) in [6, 6.07) is 12.4. The SMILES string of the molecule is Cc1cc2c(cc1C)C(C)(C)Nc1sn(-c3cccc(Cl)c3)c(=S)c1-2. The Morgan fingerprint density at radius 2 is 1.84 bits per heavy atom. The summed E-state index contributed by atoms with van der Waals surface area (Å²) in [7, 11) is 0. The Balaban J connectivity index is 2.01. The van der Waals surface area contributed by atoms with Gasteiger partial charge in [0.1, 0.15) is 9.64 Å². The van der Waals surface area contributed by atoms with E-state index in [0.717, 1.165) is 20.9 Å². The van der Waals surface area contributed by atoms with Gasteiger partial charge in [-0.15, -0.1) is 0 Å². The van der Waals surface area contributed by atoms with Crippen molar-refractivity contribution < 1.29 is 0 Å². The highest BCUT2D eigenvalue weighted by molar-refractivity contribution is 7.71. The van der Waals surface area contributed by atoms with E-state index in [1.807, 2.05) is 24.3 Å². The number of hydrogen-bond acceptors (Lipinski definition) is 3. The van der Waals surface area contributed by atoms with Gasteiger partial charge in [-0.3, -0.25) is 3.96 Å². The highest BCUT2D eigenvalue weighted by atomic mass is 35.5. The van der Waals surface area contributed by atoms with Crippen molar-refractivity contribution in [3.05, 3.63) is 62.8 Å². The van der Waals surface area contributed by atoms with Gasteiger partial charge >= 0.3 is 0 Å². The van der Waals surface area contributed by atoms with E-state index in [-0.39, 0.29) is 5.54 Å². The normalized spacial score (nSPS) is 14.6. The van der Waals surface area contributed by atoms with Crippen LogP contribution in [0.2, 0.25) is 5.02 Å². The van der Waals surface area contributed by atoms with Crippen LogP contribution in [0.3, 0.4) is 0 Å². The van der Waals surface area contributed by atoms with Crippen LogP contribution in [-0.4, -0.2) is 3.96 Å². The van der Waals surface area contributed by atoms with E-state index in [4.69, 9.17) is 23.8 Å². The number of nitrogens with one attached hydrogen (secondary N) is 1. The topological polar surface area (TPSA) is 17.0 Å². The molecule has 0 atom stereocenters. The average molecular weight is 387 g/mol. The van der Waals surface area contributed by atoms with Gasteiger partial charge in [0.15, 0.2) is 0 Å². The van der Waals surface area contributed by atoms with E-state index in [0.29, 0.717) is 5.02 Å². The third kappa shape index (κ3) is 2.64. The molecule has 1 aliphatic rings. The standard InChI is InChI=1S/C20H19ClN2S2/c1-11-8-15-16(9-12(11)2)20(3,4)22-18-17(15)19(24)23(25-18)14-7-5-6-13(21)10-14/h5-10,22H,1-4H3. The molecular weight excluding hydrogens is 368 g/mol. The van der Waals surface area contributed by atoms with Gasteiger partial charge in [-0.05, 0) is 79.7 Å². The van der Waals surface area contributed by atoms with Gasteiger partial charge in [0.2, 0.25) is 0 Å². The lowest BCUT2D eigenvalue weighted by Crippen LogP contribution is -2.31. The first-order valence-corrected chi connectivity index (χ1v) is 9.76. The van der Waals surface area contributed by atoms with Crippen molar-refractivity contribution in [2.75, 3.05) is 5.32 Å². The predicted octanol–water partition coefficient (Wildman–Crippen LogP) is 6.87. The lowest BCUT2D eigenvalue weighted by atomic mass is 9.82. The van der Waals surface area contributed by atoms with Gasteiger partial charge in [0.05, 0.1) is 16.8 Å². The van der Waals surface area contributed by atoms with Crippen molar-refractivity contribution in [3.63, 3.8) is 0 Å². The predicted molar refractivity (Wildman–Crippen MR) is 111 cm³/mol. The quantitative estimate of drug-likeness (QED) is 0.459. The molecule has 0 saturated heterocycles. The molecule has 3 aromatic rings. The van der Waals surface area contributed by atoms with Crippen LogP contribution < -0.4 is 5.32 Å². The summed E-state index contributed by atoms with van der Waals surface area (Å²) < 4.78 is 2.91. The molecule has 0 aliphatic carbocycles. The Labute approximate surface area is 162 Å². The molecule has 0 bridgehead atoms. The first kappa shape index (κ1) is 16.8. The highest BCUT2D eigenvalue weighted by Crippen LogP contribution is 2.48. The van der Waals surface area contributed by atoms with Gasteiger partial charge in [-0.1, -0.05) is 42.0 Å². The number of benzene rings is 2. The molecule has 4 rings (SSSR count). The van der Waals surface area contributed by atoms with E-state index >= 15 is 0 Å². The molecule has 0 saturated carbocycles. The third-order valence-corrected chi connectivity index (χ3v) is 6.66. The van der Waals surface area contributed by atoms with E-state index in [2.05, 4.69) is 49.1 Å². The maximum Gasteiger partial charge on any atom is 0.130 e. The molecule has 0 fully saturated rings. The molecule has 2 nitrogen and oxygen atoms in total. The molecule has 2 aromatic carbocycles.